The number of nitrogen functional groups attached to an aromatic ring is 1. The van der Waals surface area contributed by atoms with Crippen LogP contribution >= 0.6 is 23.2 Å². The molecule has 19 heavy (non-hydrogen) atoms. The van der Waals surface area contributed by atoms with E-state index in [2.05, 4.69) is 15.3 Å². The van der Waals surface area contributed by atoms with Crippen molar-refractivity contribution in [3.63, 3.8) is 0 Å². The largest absolute Gasteiger partial charge is 0.393 e. The van der Waals surface area contributed by atoms with E-state index in [1.807, 2.05) is 19.0 Å². The van der Waals surface area contributed by atoms with Gasteiger partial charge in [0.2, 0.25) is 0 Å². The van der Waals surface area contributed by atoms with Crippen molar-refractivity contribution in [1.29, 1.82) is 0 Å². The average molecular weight is 298 g/mol. The molecule has 0 spiro atoms. The van der Waals surface area contributed by atoms with Crippen LogP contribution < -0.4 is 16.0 Å². The highest BCUT2D eigenvalue weighted by molar-refractivity contribution is 6.42. The number of rotatable bonds is 3. The summed E-state index contributed by atoms with van der Waals surface area (Å²) < 4.78 is 0. The van der Waals surface area contributed by atoms with E-state index in [1.54, 1.807) is 18.2 Å². The minimum Gasteiger partial charge on any atom is -0.393 e. The zero-order chi connectivity index (χ0) is 14.0. The zero-order valence-electron chi connectivity index (χ0n) is 10.5. The van der Waals surface area contributed by atoms with E-state index in [-0.39, 0.29) is 0 Å². The van der Waals surface area contributed by atoms with Gasteiger partial charge < -0.3 is 16.0 Å². The molecule has 0 saturated heterocycles. The molecular weight excluding hydrogens is 285 g/mol. The minimum atomic E-state index is 0.465. The van der Waals surface area contributed by atoms with Gasteiger partial charge in [-0.2, -0.15) is 0 Å². The van der Waals surface area contributed by atoms with E-state index >= 15 is 0 Å². The second kappa shape index (κ2) is 5.50. The third-order valence-corrected chi connectivity index (χ3v) is 3.21. The molecular formula is C12H13Cl2N5. The Hall–Kier alpha value is -1.72. The lowest BCUT2D eigenvalue weighted by atomic mass is 10.3. The Morgan fingerprint density at radius 3 is 2.53 bits per heavy atom. The van der Waals surface area contributed by atoms with Gasteiger partial charge in [-0.1, -0.05) is 23.2 Å². The standard InChI is InChI=1S/C12H13Cl2N5/c1-19(2)12-10(15)11(16-6-17-12)18-7-3-4-8(13)9(14)5-7/h3-6H,15H2,1-2H3,(H,16,17,18). The molecule has 0 bridgehead atoms. The lowest BCUT2D eigenvalue weighted by Crippen LogP contribution is -2.14. The fourth-order valence-electron chi connectivity index (χ4n) is 1.55. The molecule has 1 heterocycles. The lowest BCUT2D eigenvalue weighted by Gasteiger charge is -2.16. The molecule has 0 aliphatic carbocycles. The number of nitrogens with one attached hydrogen (secondary N) is 1. The van der Waals surface area contributed by atoms with Gasteiger partial charge in [0.1, 0.15) is 12.0 Å². The molecule has 0 radical (unpaired) electrons. The first-order chi connectivity index (χ1) is 8.99. The number of halogens is 2. The summed E-state index contributed by atoms with van der Waals surface area (Å²) >= 11 is 11.8. The summed E-state index contributed by atoms with van der Waals surface area (Å²) in [6, 6.07) is 5.21. The maximum absolute atomic E-state index is 6.01. The quantitative estimate of drug-likeness (QED) is 0.911. The summed E-state index contributed by atoms with van der Waals surface area (Å²) in [5.74, 6) is 1.18. The number of hydrogen-bond donors (Lipinski definition) is 2. The van der Waals surface area contributed by atoms with Crippen LogP contribution in [0.25, 0.3) is 0 Å². The third-order valence-electron chi connectivity index (χ3n) is 2.47. The van der Waals surface area contributed by atoms with E-state index in [0.29, 0.717) is 27.4 Å². The molecule has 1 aromatic carbocycles. The summed E-state index contributed by atoms with van der Waals surface area (Å²) in [5.41, 5.74) is 7.24. The lowest BCUT2D eigenvalue weighted by molar-refractivity contribution is 1.04. The maximum atomic E-state index is 6.01. The fourth-order valence-corrected chi connectivity index (χ4v) is 1.85. The highest BCUT2D eigenvalue weighted by Crippen LogP contribution is 2.30. The van der Waals surface area contributed by atoms with Crippen molar-refractivity contribution in [3.05, 3.63) is 34.6 Å². The van der Waals surface area contributed by atoms with Crippen molar-refractivity contribution >= 4 is 46.2 Å². The molecule has 2 aromatic rings. The predicted molar refractivity (Wildman–Crippen MR) is 80.5 cm³/mol. The van der Waals surface area contributed by atoms with Crippen molar-refractivity contribution in [1.82, 2.24) is 9.97 Å². The molecule has 0 saturated carbocycles. The summed E-state index contributed by atoms with van der Waals surface area (Å²) in [7, 11) is 3.73. The molecule has 0 unspecified atom stereocenters. The van der Waals surface area contributed by atoms with Crippen LogP contribution in [0, 0.1) is 0 Å². The summed E-state index contributed by atoms with van der Waals surface area (Å²) in [5, 5.41) is 4.05. The Bertz CT molecular complexity index is 601. The number of aromatic nitrogens is 2. The third kappa shape index (κ3) is 3.00. The van der Waals surface area contributed by atoms with Gasteiger partial charge in [0.25, 0.3) is 0 Å². The molecule has 7 heteroatoms. The highest BCUT2D eigenvalue weighted by atomic mass is 35.5. The van der Waals surface area contributed by atoms with Crippen LogP contribution in [0.5, 0.6) is 0 Å². The van der Waals surface area contributed by atoms with Gasteiger partial charge in [0.05, 0.1) is 10.0 Å². The molecule has 0 amide bonds. The molecule has 5 nitrogen and oxygen atoms in total. The van der Waals surface area contributed by atoms with Gasteiger partial charge in [0, 0.05) is 19.8 Å². The molecule has 100 valence electrons. The van der Waals surface area contributed by atoms with E-state index < -0.39 is 0 Å². The second-order valence-electron chi connectivity index (χ2n) is 4.11. The van der Waals surface area contributed by atoms with Crippen molar-refractivity contribution in [2.24, 2.45) is 0 Å². The van der Waals surface area contributed by atoms with E-state index in [9.17, 15) is 0 Å². The fraction of sp³-hybridized carbons (Fsp3) is 0.167. The number of nitrogens with zero attached hydrogens (tertiary/aromatic N) is 3. The van der Waals surface area contributed by atoms with Crippen LogP contribution in [0.15, 0.2) is 24.5 Å². The molecule has 1 aromatic heterocycles. The van der Waals surface area contributed by atoms with Gasteiger partial charge in [-0.15, -0.1) is 0 Å². The molecule has 3 N–H and O–H groups in total. The van der Waals surface area contributed by atoms with Crippen molar-refractivity contribution in [2.45, 2.75) is 0 Å². The second-order valence-corrected chi connectivity index (χ2v) is 4.92. The summed E-state index contributed by atoms with van der Waals surface area (Å²) in [6.07, 6.45) is 1.45. The van der Waals surface area contributed by atoms with E-state index in [4.69, 9.17) is 28.9 Å². The van der Waals surface area contributed by atoms with Gasteiger partial charge >= 0.3 is 0 Å². The Balaban J connectivity index is 2.33. The highest BCUT2D eigenvalue weighted by Gasteiger charge is 2.10. The van der Waals surface area contributed by atoms with Crippen molar-refractivity contribution in [2.75, 3.05) is 30.0 Å². The number of anilines is 4. The normalized spacial score (nSPS) is 10.3. The molecule has 2 rings (SSSR count). The van der Waals surface area contributed by atoms with Gasteiger partial charge in [0.15, 0.2) is 11.6 Å². The summed E-state index contributed by atoms with van der Waals surface area (Å²) in [6.45, 7) is 0. The monoisotopic (exact) mass is 297 g/mol. The van der Waals surface area contributed by atoms with Crippen LogP contribution in [-0.4, -0.2) is 24.1 Å². The smallest absolute Gasteiger partial charge is 0.159 e. The molecule has 0 fully saturated rings. The Morgan fingerprint density at radius 1 is 1.16 bits per heavy atom. The number of benzene rings is 1. The first-order valence-electron chi connectivity index (χ1n) is 5.49. The Morgan fingerprint density at radius 2 is 1.89 bits per heavy atom. The predicted octanol–water partition coefficient (Wildman–Crippen LogP) is 3.18. The maximum Gasteiger partial charge on any atom is 0.159 e. The topological polar surface area (TPSA) is 67.1 Å². The molecule has 0 aliphatic rings. The van der Waals surface area contributed by atoms with Crippen LogP contribution in [-0.2, 0) is 0 Å². The number of hydrogen-bond acceptors (Lipinski definition) is 5. The Kier molecular flexibility index (Phi) is 3.97. The zero-order valence-corrected chi connectivity index (χ0v) is 12.0. The van der Waals surface area contributed by atoms with E-state index in [0.717, 1.165) is 5.69 Å². The first-order valence-corrected chi connectivity index (χ1v) is 6.24. The van der Waals surface area contributed by atoms with Crippen LogP contribution in [0.1, 0.15) is 0 Å². The molecule has 0 aliphatic heterocycles. The van der Waals surface area contributed by atoms with Gasteiger partial charge in [-0.3, -0.25) is 0 Å². The molecule has 0 atom stereocenters. The van der Waals surface area contributed by atoms with Gasteiger partial charge in [-0.05, 0) is 18.2 Å². The first kappa shape index (κ1) is 13.7. The number of nitrogens with two attached hydrogens (primary N) is 1. The summed E-state index contributed by atoms with van der Waals surface area (Å²) in [4.78, 5) is 10.0. The van der Waals surface area contributed by atoms with Crippen molar-refractivity contribution in [3.8, 4) is 0 Å². The van der Waals surface area contributed by atoms with Crippen LogP contribution in [0.3, 0.4) is 0 Å². The minimum absolute atomic E-state index is 0.465. The van der Waals surface area contributed by atoms with Crippen LogP contribution in [0.2, 0.25) is 10.0 Å². The van der Waals surface area contributed by atoms with Gasteiger partial charge in [-0.25, -0.2) is 9.97 Å². The Labute approximate surface area is 121 Å². The van der Waals surface area contributed by atoms with E-state index in [1.165, 1.54) is 6.33 Å². The van der Waals surface area contributed by atoms with Crippen LogP contribution in [0.4, 0.5) is 23.0 Å². The SMILES string of the molecule is CN(C)c1ncnc(Nc2ccc(Cl)c(Cl)c2)c1N. The van der Waals surface area contributed by atoms with Crippen molar-refractivity contribution < 1.29 is 0 Å². The average Bonchev–Trinajstić information content (AvgIpc) is 2.36.